The molecule has 0 bridgehead atoms. The molecule has 2 aromatic rings. The number of anilines is 2. The number of nitrogens with zero attached hydrogens (tertiary/aromatic N) is 2. The first kappa shape index (κ1) is 14.0. The van der Waals surface area contributed by atoms with Gasteiger partial charge >= 0.3 is 0 Å². The van der Waals surface area contributed by atoms with E-state index in [2.05, 4.69) is 5.32 Å². The minimum atomic E-state index is -0.563. The summed E-state index contributed by atoms with van der Waals surface area (Å²) in [6, 6.07) is 12.2. The molecule has 0 spiro atoms. The van der Waals surface area contributed by atoms with Gasteiger partial charge in [-0.15, -0.1) is 0 Å². The fraction of sp³-hybridized carbons (Fsp3) is 0. The molecule has 1 amide bonds. The standard InChI is InChI=1S/C14H10N4O3/c15-8-10-7-12(18(20)21)5-6-13(10)17-11-3-1-9(2-4-11)14(16)19/h1-7,17H,(H2,16,19). The van der Waals surface area contributed by atoms with Crippen LogP contribution in [0.25, 0.3) is 0 Å². The highest BCUT2D eigenvalue weighted by molar-refractivity contribution is 5.93. The first-order chi connectivity index (χ1) is 10.0. The highest BCUT2D eigenvalue weighted by atomic mass is 16.6. The van der Waals surface area contributed by atoms with E-state index in [0.717, 1.165) is 0 Å². The fourth-order valence-electron chi connectivity index (χ4n) is 1.72. The van der Waals surface area contributed by atoms with Crippen molar-refractivity contribution < 1.29 is 9.72 Å². The zero-order valence-corrected chi connectivity index (χ0v) is 10.7. The number of amides is 1. The Bertz CT molecular complexity index is 748. The smallest absolute Gasteiger partial charge is 0.270 e. The number of nitriles is 1. The lowest BCUT2D eigenvalue weighted by Gasteiger charge is -2.08. The van der Waals surface area contributed by atoms with Crippen molar-refractivity contribution in [3.63, 3.8) is 0 Å². The maximum atomic E-state index is 11.0. The molecule has 0 aliphatic carbocycles. The number of primary amides is 1. The van der Waals surface area contributed by atoms with E-state index >= 15 is 0 Å². The highest BCUT2D eigenvalue weighted by Gasteiger charge is 2.10. The summed E-state index contributed by atoms with van der Waals surface area (Å²) in [6.07, 6.45) is 0. The van der Waals surface area contributed by atoms with E-state index in [9.17, 15) is 14.9 Å². The van der Waals surface area contributed by atoms with Gasteiger partial charge in [0, 0.05) is 23.4 Å². The Balaban J connectivity index is 2.29. The molecule has 0 heterocycles. The Hall–Kier alpha value is -3.40. The number of non-ortho nitro benzene ring substituents is 1. The minimum absolute atomic E-state index is 0.152. The van der Waals surface area contributed by atoms with Crippen LogP contribution in [0, 0.1) is 21.4 Å². The number of nitrogens with two attached hydrogens (primary N) is 1. The van der Waals surface area contributed by atoms with Crippen molar-refractivity contribution in [1.82, 2.24) is 0 Å². The number of rotatable bonds is 4. The summed E-state index contributed by atoms with van der Waals surface area (Å²) in [7, 11) is 0. The maximum Gasteiger partial charge on any atom is 0.270 e. The molecule has 2 rings (SSSR count). The quantitative estimate of drug-likeness (QED) is 0.658. The first-order valence-electron chi connectivity index (χ1n) is 5.86. The van der Waals surface area contributed by atoms with E-state index in [4.69, 9.17) is 11.0 Å². The zero-order chi connectivity index (χ0) is 15.4. The second-order valence-corrected chi connectivity index (χ2v) is 4.17. The summed E-state index contributed by atoms with van der Waals surface area (Å²) in [6.45, 7) is 0. The molecule has 0 aliphatic heterocycles. The van der Waals surface area contributed by atoms with Gasteiger partial charge < -0.3 is 11.1 Å². The topological polar surface area (TPSA) is 122 Å². The van der Waals surface area contributed by atoms with Crippen molar-refractivity contribution in [2.45, 2.75) is 0 Å². The van der Waals surface area contributed by atoms with Gasteiger partial charge in [0.25, 0.3) is 5.69 Å². The number of nitrogens with one attached hydrogen (secondary N) is 1. The molecule has 0 atom stereocenters. The number of hydrogen-bond acceptors (Lipinski definition) is 5. The number of benzene rings is 2. The Labute approximate surface area is 119 Å². The summed E-state index contributed by atoms with van der Waals surface area (Å²) in [5.41, 5.74) is 6.58. The molecule has 0 unspecified atom stereocenters. The third kappa shape index (κ3) is 3.13. The molecule has 7 heteroatoms. The van der Waals surface area contributed by atoms with Gasteiger partial charge in [-0.2, -0.15) is 5.26 Å². The van der Waals surface area contributed by atoms with Gasteiger partial charge in [0.15, 0.2) is 0 Å². The van der Waals surface area contributed by atoms with Gasteiger partial charge in [-0.05, 0) is 30.3 Å². The van der Waals surface area contributed by atoms with E-state index in [1.807, 2.05) is 6.07 Å². The maximum absolute atomic E-state index is 11.0. The van der Waals surface area contributed by atoms with Gasteiger partial charge in [-0.1, -0.05) is 0 Å². The second kappa shape index (κ2) is 5.71. The van der Waals surface area contributed by atoms with E-state index in [0.29, 0.717) is 16.9 Å². The van der Waals surface area contributed by atoms with E-state index in [1.54, 1.807) is 24.3 Å². The number of carbonyl (C=O) groups is 1. The lowest BCUT2D eigenvalue weighted by Crippen LogP contribution is -2.10. The molecule has 104 valence electrons. The van der Waals surface area contributed by atoms with Crippen LogP contribution in [0.15, 0.2) is 42.5 Å². The van der Waals surface area contributed by atoms with Crippen molar-refractivity contribution >= 4 is 23.0 Å². The molecule has 0 aliphatic rings. The Morgan fingerprint density at radius 3 is 2.43 bits per heavy atom. The van der Waals surface area contributed by atoms with Crippen LogP contribution < -0.4 is 11.1 Å². The van der Waals surface area contributed by atoms with Crippen LogP contribution in [-0.4, -0.2) is 10.8 Å². The summed E-state index contributed by atoms with van der Waals surface area (Å²) in [5.74, 6) is -0.533. The van der Waals surface area contributed by atoms with Gasteiger partial charge in [0.2, 0.25) is 5.91 Å². The Morgan fingerprint density at radius 2 is 1.90 bits per heavy atom. The largest absolute Gasteiger partial charge is 0.366 e. The fourth-order valence-corrected chi connectivity index (χ4v) is 1.72. The van der Waals surface area contributed by atoms with Crippen LogP contribution >= 0.6 is 0 Å². The van der Waals surface area contributed by atoms with Crippen LogP contribution in [0.5, 0.6) is 0 Å². The van der Waals surface area contributed by atoms with Crippen LogP contribution in [-0.2, 0) is 0 Å². The van der Waals surface area contributed by atoms with Crippen LogP contribution in [0.2, 0.25) is 0 Å². The van der Waals surface area contributed by atoms with Gasteiger partial charge in [-0.25, -0.2) is 0 Å². The molecule has 0 aromatic heterocycles. The van der Waals surface area contributed by atoms with E-state index in [-0.39, 0.29) is 11.3 Å². The molecular weight excluding hydrogens is 272 g/mol. The molecule has 7 nitrogen and oxygen atoms in total. The normalized spacial score (nSPS) is 9.67. The average Bonchev–Trinajstić information content (AvgIpc) is 2.48. The molecule has 0 saturated carbocycles. The van der Waals surface area contributed by atoms with Crippen LogP contribution in [0.4, 0.5) is 17.1 Å². The lowest BCUT2D eigenvalue weighted by atomic mass is 10.1. The monoisotopic (exact) mass is 282 g/mol. The van der Waals surface area contributed by atoms with Crippen molar-refractivity contribution in [2.24, 2.45) is 5.73 Å². The lowest BCUT2D eigenvalue weighted by molar-refractivity contribution is -0.384. The molecule has 0 radical (unpaired) electrons. The molecular formula is C14H10N4O3. The Morgan fingerprint density at radius 1 is 1.24 bits per heavy atom. The summed E-state index contributed by atoms with van der Waals surface area (Å²) in [4.78, 5) is 21.1. The molecule has 0 fully saturated rings. The van der Waals surface area contributed by atoms with E-state index < -0.39 is 10.8 Å². The molecule has 0 saturated heterocycles. The Kier molecular flexibility index (Phi) is 3.81. The molecule has 21 heavy (non-hydrogen) atoms. The summed E-state index contributed by atoms with van der Waals surface area (Å²) in [5, 5.41) is 22.7. The zero-order valence-electron chi connectivity index (χ0n) is 10.7. The molecule has 3 N–H and O–H groups in total. The van der Waals surface area contributed by atoms with Crippen molar-refractivity contribution in [3.05, 3.63) is 63.7 Å². The first-order valence-corrected chi connectivity index (χ1v) is 5.86. The average molecular weight is 282 g/mol. The third-order valence-corrected chi connectivity index (χ3v) is 2.78. The van der Waals surface area contributed by atoms with Crippen molar-refractivity contribution in [2.75, 3.05) is 5.32 Å². The highest BCUT2D eigenvalue weighted by Crippen LogP contribution is 2.24. The summed E-state index contributed by atoms with van der Waals surface area (Å²) < 4.78 is 0. The number of nitro groups is 1. The van der Waals surface area contributed by atoms with Crippen molar-refractivity contribution in [1.29, 1.82) is 5.26 Å². The SMILES string of the molecule is N#Cc1cc([N+](=O)[O-])ccc1Nc1ccc(C(N)=O)cc1. The predicted octanol–water partition coefficient (Wildman–Crippen LogP) is 2.31. The van der Waals surface area contributed by atoms with Gasteiger partial charge in [0.05, 0.1) is 16.2 Å². The number of nitro benzene ring substituents is 1. The van der Waals surface area contributed by atoms with Crippen LogP contribution in [0.3, 0.4) is 0 Å². The van der Waals surface area contributed by atoms with Crippen molar-refractivity contribution in [3.8, 4) is 6.07 Å². The number of hydrogen-bond donors (Lipinski definition) is 2. The summed E-state index contributed by atoms with van der Waals surface area (Å²) >= 11 is 0. The van der Waals surface area contributed by atoms with E-state index in [1.165, 1.54) is 18.2 Å². The van der Waals surface area contributed by atoms with Gasteiger partial charge in [0.1, 0.15) is 6.07 Å². The number of carbonyl (C=O) groups excluding carboxylic acids is 1. The predicted molar refractivity (Wildman–Crippen MR) is 76.1 cm³/mol. The van der Waals surface area contributed by atoms with Gasteiger partial charge in [-0.3, -0.25) is 14.9 Å². The molecule has 2 aromatic carbocycles. The van der Waals surface area contributed by atoms with Crippen LogP contribution in [0.1, 0.15) is 15.9 Å². The third-order valence-electron chi connectivity index (χ3n) is 2.78. The second-order valence-electron chi connectivity index (χ2n) is 4.17. The minimum Gasteiger partial charge on any atom is -0.366 e.